The summed E-state index contributed by atoms with van der Waals surface area (Å²) in [5.74, 6) is -0.0941. The van der Waals surface area contributed by atoms with E-state index in [2.05, 4.69) is 11.2 Å². The first kappa shape index (κ1) is 24.7. The number of amides is 2. The molecule has 0 spiro atoms. The van der Waals surface area contributed by atoms with Gasteiger partial charge in [0.05, 0.1) is 0 Å². The maximum Gasteiger partial charge on any atom is 0.408 e. The van der Waals surface area contributed by atoms with Crippen molar-refractivity contribution in [2.45, 2.75) is 64.8 Å². The standard InChI is InChI=1S/C23H30N2O7/c1-6-14-30-21(28)18(12-13-19(26)31-15-17-10-8-7-9-11-17)25-20(27)16(2)24-22(29)32-23(3,4)5/h1,7-11,16,18H,12-15H2,2-5H3,(H,24,29)(H,25,27)/t16-,18-/m0/s1/i/hD. The Kier molecular flexibility index (Phi) is 10.0. The first-order chi connectivity index (χ1) is 15.4. The molecule has 9 nitrogen and oxygen atoms in total. The van der Waals surface area contributed by atoms with E-state index < -0.39 is 41.6 Å². The third kappa shape index (κ3) is 11.0. The molecule has 9 heteroatoms. The number of rotatable bonds is 10. The van der Waals surface area contributed by atoms with Crippen molar-refractivity contribution in [3.8, 4) is 12.3 Å². The predicted molar refractivity (Wildman–Crippen MR) is 116 cm³/mol. The van der Waals surface area contributed by atoms with Gasteiger partial charge in [-0.3, -0.25) is 9.59 Å². The predicted octanol–water partition coefficient (Wildman–Crippen LogP) is 2.08. The third-order valence-electron chi connectivity index (χ3n) is 3.85. The zero-order valence-electron chi connectivity index (χ0n) is 19.8. The van der Waals surface area contributed by atoms with Crippen molar-refractivity contribution in [1.29, 1.82) is 0 Å². The SMILES string of the molecule is [2H]N(C(=O)OC(C)(C)C)[C@@H](C)C(=O)N[C@@H](CCC(=O)OCc1ccccc1)C(=O)OCC#C. The fourth-order valence-corrected chi connectivity index (χ4v) is 2.33. The lowest BCUT2D eigenvalue weighted by Gasteiger charge is -2.23. The topological polar surface area (TPSA) is 120 Å². The van der Waals surface area contributed by atoms with Crippen LogP contribution in [-0.2, 0) is 35.2 Å². The Hall–Kier alpha value is -3.54. The Morgan fingerprint density at radius 2 is 1.81 bits per heavy atom. The number of carbonyl (C=O) groups excluding carboxylic acids is 4. The first-order valence-corrected chi connectivity index (χ1v) is 10.1. The molecule has 0 aliphatic carbocycles. The molecule has 2 atom stereocenters. The van der Waals surface area contributed by atoms with Crippen molar-refractivity contribution in [2.24, 2.45) is 0 Å². The number of nitrogens with one attached hydrogen (secondary N) is 2. The van der Waals surface area contributed by atoms with Crippen LogP contribution in [0.3, 0.4) is 0 Å². The molecule has 0 aliphatic rings. The van der Waals surface area contributed by atoms with Gasteiger partial charge in [-0.05, 0) is 39.7 Å². The molecule has 0 fully saturated rings. The summed E-state index contributed by atoms with van der Waals surface area (Å²) in [6, 6.07) is 6.53. The van der Waals surface area contributed by atoms with Crippen molar-refractivity contribution in [3.05, 3.63) is 35.9 Å². The smallest absolute Gasteiger partial charge is 0.408 e. The number of esters is 2. The maximum atomic E-state index is 12.6. The molecule has 0 aliphatic heterocycles. The number of terminal acetylenes is 1. The number of ether oxygens (including phenoxy) is 3. The van der Waals surface area contributed by atoms with Gasteiger partial charge in [-0.1, -0.05) is 36.3 Å². The molecule has 0 unspecified atom stereocenters. The summed E-state index contributed by atoms with van der Waals surface area (Å²) in [6.45, 7) is 5.92. The number of hydrogen-bond acceptors (Lipinski definition) is 7. The van der Waals surface area contributed by atoms with E-state index in [4.69, 9.17) is 22.0 Å². The fourth-order valence-electron chi connectivity index (χ4n) is 2.33. The second-order valence-electron chi connectivity index (χ2n) is 7.84. The van der Waals surface area contributed by atoms with Gasteiger partial charge < -0.3 is 24.8 Å². The lowest BCUT2D eigenvalue weighted by atomic mass is 10.1. The summed E-state index contributed by atoms with van der Waals surface area (Å²) in [7, 11) is 0. The Balaban J connectivity index is 2.72. The lowest BCUT2D eigenvalue weighted by Crippen LogP contribution is -2.51. The van der Waals surface area contributed by atoms with Crippen LogP contribution in [-0.4, -0.2) is 48.2 Å². The molecule has 0 saturated heterocycles. The molecule has 0 radical (unpaired) electrons. The second kappa shape index (κ2) is 13.0. The normalized spacial score (nSPS) is 12.9. The van der Waals surface area contributed by atoms with Gasteiger partial charge in [0, 0.05) is 6.42 Å². The molecule has 0 aromatic heterocycles. The van der Waals surface area contributed by atoms with E-state index in [-0.39, 0.29) is 26.1 Å². The zero-order valence-corrected chi connectivity index (χ0v) is 18.8. The van der Waals surface area contributed by atoms with E-state index in [0.717, 1.165) is 5.56 Å². The molecule has 0 heterocycles. The monoisotopic (exact) mass is 447 g/mol. The van der Waals surface area contributed by atoms with Gasteiger partial charge in [-0.15, -0.1) is 6.42 Å². The van der Waals surface area contributed by atoms with Gasteiger partial charge in [-0.25, -0.2) is 9.59 Å². The van der Waals surface area contributed by atoms with Gasteiger partial charge in [0.2, 0.25) is 5.91 Å². The highest BCUT2D eigenvalue weighted by Gasteiger charge is 2.27. The summed E-state index contributed by atoms with van der Waals surface area (Å²) < 4.78 is 23.0. The third-order valence-corrected chi connectivity index (χ3v) is 3.85. The highest BCUT2D eigenvalue weighted by Crippen LogP contribution is 2.08. The number of alkyl carbamates (subject to hydrolysis) is 1. The largest absolute Gasteiger partial charge is 0.461 e. The van der Waals surface area contributed by atoms with Gasteiger partial charge in [0.25, 0.3) is 0 Å². The van der Waals surface area contributed by atoms with E-state index in [1.165, 1.54) is 6.92 Å². The minimum atomic E-state index is -1.28. The Bertz CT molecular complexity index is 862. The van der Waals surface area contributed by atoms with Crippen LogP contribution in [0.25, 0.3) is 0 Å². The molecule has 1 aromatic rings. The highest BCUT2D eigenvalue weighted by atomic mass is 16.6. The summed E-state index contributed by atoms with van der Waals surface area (Å²) in [6.07, 6.45) is 3.76. The Morgan fingerprint density at radius 1 is 1.16 bits per heavy atom. The molecular weight excluding hydrogens is 416 g/mol. The molecule has 2 amide bonds. The van der Waals surface area contributed by atoms with Crippen molar-refractivity contribution >= 4 is 23.9 Å². The number of benzene rings is 1. The van der Waals surface area contributed by atoms with Gasteiger partial charge in [0.15, 0.2) is 8.02 Å². The van der Waals surface area contributed by atoms with Gasteiger partial charge >= 0.3 is 18.0 Å². The van der Waals surface area contributed by atoms with E-state index in [9.17, 15) is 19.2 Å². The van der Waals surface area contributed by atoms with E-state index in [1.54, 1.807) is 32.9 Å². The average molecular weight is 448 g/mol. The fraction of sp³-hybridized carbons (Fsp3) is 0.478. The number of carbonyl (C=O) groups is 4. The van der Waals surface area contributed by atoms with E-state index >= 15 is 0 Å². The van der Waals surface area contributed by atoms with Crippen LogP contribution in [0.1, 0.15) is 46.1 Å². The Morgan fingerprint density at radius 3 is 2.41 bits per heavy atom. The van der Waals surface area contributed by atoms with Crippen molar-refractivity contribution in [1.82, 2.24) is 10.6 Å². The molecule has 2 N–H and O–H groups in total. The molecule has 1 aromatic carbocycles. The quantitative estimate of drug-likeness (QED) is 0.320. The van der Waals surface area contributed by atoms with Crippen LogP contribution in [0, 0.1) is 12.3 Å². The van der Waals surface area contributed by atoms with E-state index in [0.29, 0.717) is 5.31 Å². The molecule has 0 bridgehead atoms. The summed E-state index contributed by atoms with van der Waals surface area (Å²) in [5.41, 5.74) is -0.0514. The van der Waals surface area contributed by atoms with Crippen LogP contribution in [0.15, 0.2) is 30.3 Å². The van der Waals surface area contributed by atoms with Crippen molar-refractivity contribution in [3.63, 3.8) is 0 Å². The maximum absolute atomic E-state index is 12.6. The molecule has 174 valence electrons. The van der Waals surface area contributed by atoms with Gasteiger partial charge in [0.1, 0.15) is 24.3 Å². The van der Waals surface area contributed by atoms with E-state index in [1.807, 2.05) is 18.2 Å². The second-order valence-corrected chi connectivity index (χ2v) is 7.84. The molecular formula is C23H30N2O7. The summed E-state index contributed by atoms with van der Waals surface area (Å²) in [4.78, 5) is 49.0. The minimum absolute atomic E-state index is 0.0684. The van der Waals surface area contributed by atoms with Crippen molar-refractivity contribution < 1.29 is 34.8 Å². The van der Waals surface area contributed by atoms with Crippen LogP contribution >= 0.6 is 0 Å². The number of hydrogen-bond donors (Lipinski definition) is 2. The minimum Gasteiger partial charge on any atom is -0.461 e. The van der Waals surface area contributed by atoms with Gasteiger partial charge in [-0.2, -0.15) is 0 Å². The molecule has 32 heavy (non-hydrogen) atoms. The zero-order chi connectivity index (χ0) is 25.0. The highest BCUT2D eigenvalue weighted by molar-refractivity contribution is 5.89. The van der Waals surface area contributed by atoms with Crippen LogP contribution < -0.4 is 10.6 Å². The van der Waals surface area contributed by atoms with Crippen LogP contribution in [0.5, 0.6) is 0 Å². The molecule has 0 saturated carbocycles. The molecule has 1 rings (SSSR count). The lowest BCUT2D eigenvalue weighted by molar-refractivity contribution is -0.148. The van der Waals surface area contributed by atoms with Crippen LogP contribution in [0.4, 0.5) is 4.79 Å². The van der Waals surface area contributed by atoms with Crippen molar-refractivity contribution in [2.75, 3.05) is 6.61 Å². The van der Waals surface area contributed by atoms with Crippen LogP contribution in [0.2, 0.25) is 1.41 Å². The summed E-state index contributed by atoms with van der Waals surface area (Å²) in [5, 5.41) is 2.75. The summed E-state index contributed by atoms with van der Waals surface area (Å²) >= 11 is 0. The average Bonchev–Trinajstić information content (AvgIpc) is 2.76. The Labute approximate surface area is 189 Å². The first-order valence-electron chi connectivity index (χ1n) is 10.5.